The molecular formula is C14H22N2O. The summed E-state index contributed by atoms with van der Waals surface area (Å²) >= 11 is 0. The normalized spacial score (nSPS) is 22.0. The summed E-state index contributed by atoms with van der Waals surface area (Å²) in [6, 6.07) is 2.75. The molecule has 2 heterocycles. The molecule has 0 radical (unpaired) electrons. The number of H-pyrrole nitrogens is 1. The molecule has 2 rings (SSSR count). The highest BCUT2D eigenvalue weighted by atomic mass is 16.1. The van der Waals surface area contributed by atoms with E-state index in [1.54, 1.807) is 6.07 Å². The van der Waals surface area contributed by atoms with Gasteiger partial charge in [0.1, 0.15) is 0 Å². The minimum Gasteiger partial charge on any atom is -0.329 e. The van der Waals surface area contributed by atoms with E-state index in [4.69, 9.17) is 0 Å². The van der Waals surface area contributed by atoms with Gasteiger partial charge in [-0.25, -0.2) is 0 Å². The van der Waals surface area contributed by atoms with E-state index in [-0.39, 0.29) is 5.56 Å². The van der Waals surface area contributed by atoms with Crippen molar-refractivity contribution in [3.8, 4) is 0 Å². The van der Waals surface area contributed by atoms with E-state index < -0.39 is 0 Å². The summed E-state index contributed by atoms with van der Waals surface area (Å²) in [6.45, 7) is 7.71. The van der Waals surface area contributed by atoms with Crippen molar-refractivity contribution in [1.29, 1.82) is 0 Å². The monoisotopic (exact) mass is 234 g/mol. The largest absolute Gasteiger partial charge is 0.329 e. The molecule has 1 atom stereocenters. The van der Waals surface area contributed by atoms with Crippen molar-refractivity contribution >= 4 is 0 Å². The Balaban J connectivity index is 2.32. The van der Waals surface area contributed by atoms with Crippen molar-refractivity contribution in [3.63, 3.8) is 0 Å². The number of nitrogens with zero attached hydrogens (tertiary/aromatic N) is 1. The predicted molar refractivity (Wildman–Crippen MR) is 70.2 cm³/mol. The molecule has 1 aromatic heterocycles. The number of rotatable bonds is 2. The molecule has 0 bridgehead atoms. The van der Waals surface area contributed by atoms with Crippen LogP contribution in [0.25, 0.3) is 0 Å². The Morgan fingerprint density at radius 3 is 2.82 bits per heavy atom. The molecule has 0 aliphatic carbocycles. The molecule has 0 unspecified atom stereocenters. The van der Waals surface area contributed by atoms with Gasteiger partial charge in [-0.05, 0) is 51.3 Å². The number of hydrogen-bond donors (Lipinski definition) is 1. The molecular weight excluding hydrogens is 212 g/mol. The van der Waals surface area contributed by atoms with Crippen molar-refractivity contribution in [2.75, 3.05) is 6.54 Å². The van der Waals surface area contributed by atoms with Crippen LogP contribution in [0.2, 0.25) is 0 Å². The first kappa shape index (κ1) is 12.4. The van der Waals surface area contributed by atoms with Gasteiger partial charge in [0, 0.05) is 24.3 Å². The van der Waals surface area contributed by atoms with Gasteiger partial charge in [-0.15, -0.1) is 0 Å². The van der Waals surface area contributed by atoms with Crippen molar-refractivity contribution in [1.82, 2.24) is 9.88 Å². The fourth-order valence-corrected chi connectivity index (χ4v) is 2.85. The Kier molecular flexibility index (Phi) is 3.67. The summed E-state index contributed by atoms with van der Waals surface area (Å²) in [5.74, 6) is 0. The molecule has 1 aromatic rings. The number of piperidine rings is 1. The fourth-order valence-electron chi connectivity index (χ4n) is 2.85. The summed E-state index contributed by atoms with van der Waals surface area (Å²) in [6.07, 6.45) is 5.68. The Morgan fingerprint density at radius 1 is 1.41 bits per heavy atom. The maximum absolute atomic E-state index is 11.3. The molecule has 1 aliphatic rings. The molecule has 1 saturated heterocycles. The van der Waals surface area contributed by atoms with Crippen LogP contribution in [-0.4, -0.2) is 22.5 Å². The lowest BCUT2D eigenvalue weighted by Crippen LogP contribution is -2.39. The minimum atomic E-state index is -0.00171. The van der Waals surface area contributed by atoms with E-state index >= 15 is 0 Å². The van der Waals surface area contributed by atoms with E-state index in [9.17, 15) is 4.79 Å². The average molecular weight is 234 g/mol. The summed E-state index contributed by atoms with van der Waals surface area (Å²) in [5, 5.41) is 0. The molecule has 3 heteroatoms. The van der Waals surface area contributed by atoms with Crippen LogP contribution in [0.4, 0.5) is 0 Å². The highest BCUT2D eigenvalue weighted by Gasteiger charge is 2.26. The maximum Gasteiger partial charge on any atom is 0.248 e. The SMILES string of the molecule is Cc1cc(=O)[nH]cc1[C@@H]1CCCCN1C(C)C. The Hall–Kier alpha value is -1.09. The standard InChI is InChI=1S/C14H22N2O/c1-10(2)16-7-5-4-6-13(16)12-9-15-14(17)8-11(12)3/h8-10,13H,4-7H2,1-3H3,(H,15,17)/t13-/m0/s1. The summed E-state index contributed by atoms with van der Waals surface area (Å²) in [5.41, 5.74) is 2.41. The third-order valence-corrected chi connectivity index (χ3v) is 3.74. The predicted octanol–water partition coefficient (Wildman–Crippen LogP) is 2.62. The Bertz CT molecular complexity index is 436. The van der Waals surface area contributed by atoms with Crippen LogP contribution in [0.15, 0.2) is 17.1 Å². The molecule has 1 N–H and O–H groups in total. The zero-order valence-electron chi connectivity index (χ0n) is 11.0. The van der Waals surface area contributed by atoms with Crippen molar-refractivity contribution in [2.45, 2.75) is 52.1 Å². The minimum absolute atomic E-state index is 0.00171. The zero-order valence-corrected chi connectivity index (χ0v) is 11.0. The molecule has 1 fully saturated rings. The molecule has 0 amide bonds. The number of aromatic amines is 1. The van der Waals surface area contributed by atoms with E-state index in [0.29, 0.717) is 12.1 Å². The van der Waals surface area contributed by atoms with Gasteiger partial charge in [0.2, 0.25) is 5.56 Å². The van der Waals surface area contributed by atoms with Gasteiger partial charge in [-0.1, -0.05) is 6.42 Å². The summed E-state index contributed by atoms with van der Waals surface area (Å²) in [7, 11) is 0. The van der Waals surface area contributed by atoms with Crippen LogP contribution in [0, 0.1) is 6.92 Å². The van der Waals surface area contributed by atoms with Gasteiger partial charge >= 0.3 is 0 Å². The molecule has 94 valence electrons. The van der Waals surface area contributed by atoms with Gasteiger partial charge in [0.05, 0.1) is 0 Å². The number of hydrogen-bond acceptors (Lipinski definition) is 2. The van der Waals surface area contributed by atoms with Crippen LogP contribution >= 0.6 is 0 Å². The fraction of sp³-hybridized carbons (Fsp3) is 0.643. The molecule has 0 aromatic carbocycles. The summed E-state index contributed by atoms with van der Waals surface area (Å²) < 4.78 is 0. The highest BCUT2D eigenvalue weighted by Crippen LogP contribution is 2.33. The van der Waals surface area contributed by atoms with Crippen LogP contribution in [0.5, 0.6) is 0 Å². The first-order valence-corrected chi connectivity index (χ1v) is 6.54. The van der Waals surface area contributed by atoms with Crippen molar-refractivity contribution in [3.05, 3.63) is 33.7 Å². The number of nitrogens with one attached hydrogen (secondary N) is 1. The Labute approximate surface area is 103 Å². The van der Waals surface area contributed by atoms with Crippen molar-refractivity contribution in [2.24, 2.45) is 0 Å². The Morgan fingerprint density at radius 2 is 2.18 bits per heavy atom. The lowest BCUT2D eigenvalue weighted by atomic mass is 9.92. The quantitative estimate of drug-likeness (QED) is 0.854. The smallest absolute Gasteiger partial charge is 0.248 e. The van der Waals surface area contributed by atoms with Gasteiger partial charge in [0.25, 0.3) is 0 Å². The van der Waals surface area contributed by atoms with Gasteiger partial charge in [-0.2, -0.15) is 0 Å². The van der Waals surface area contributed by atoms with Gasteiger partial charge in [-0.3, -0.25) is 9.69 Å². The van der Waals surface area contributed by atoms with Crippen LogP contribution in [0.1, 0.15) is 50.3 Å². The van der Waals surface area contributed by atoms with Crippen LogP contribution < -0.4 is 5.56 Å². The molecule has 1 aliphatic heterocycles. The van der Waals surface area contributed by atoms with E-state index in [0.717, 1.165) is 5.56 Å². The zero-order chi connectivity index (χ0) is 12.4. The second-order valence-corrected chi connectivity index (χ2v) is 5.28. The van der Waals surface area contributed by atoms with Gasteiger partial charge in [0.15, 0.2) is 0 Å². The topological polar surface area (TPSA) is 36.1 Å². The lowest BCUT2D eigenvalue weighted by molar-refractivity contribution is 0.111. The number of likely N-dealkylation sites (tertiary alicyclic amines) is 1. The molecule has 17 heavy (non-hydrogen) atoms. The van der Waals surface area contributed by atoms with Crippen molar-refractivity contribution < 1.29 is 0 Å². The third-order valence-electron chi connectivity index (χ3n) is 3.74. The highest BCUT2D eigenvalue weighted by molar-refractivity contribution is 5.25. The number of aromatic nitrogens is 1. The third kappa shape index (κ3) is 2.60. The first-order chi connectivity index (χ1) is 8.09. The molecule has 0 spiro atoms. The second-order valence-electron chi connectivity index (χ2n) is 5.28. The first-order valence-electron chi connectivity index (χ1n) is 6.54. The molecule has 0 saturated carbocycles. The summed E-state index contributed by atoms with van der Waals surface area (Å²) in [4.78, 5) is 16.6. The number of pyridine rings is 1. The van der Waals surface area contributed by atoms with Gasteiger partial charge < -0.3 is 4.98 Å². The van der Waals surface area contributed by atoms with Crippen LogP contribution in [-0.2, 0) is 0 Å². The van der Waals surface area contributed by atoms with E-state index in [1.807, 2.05) is 13.1 Å². The second kappa shape index (κ2) is 5.05. The lowest BCUT2D eigenvalue weighted by Gasteiger charge is -2.39. The number of aryl methyl sites for hydroxylation is 1. The average Bonchev–Trinajstić information content (AvgIpc) is 2.29. The van der Waals surface area contributed by atoms with Crippen LogP contribution in [0.3, 0.4) is 0 Å². The van der Waals surface area contributed by atoms with E-state index in [2.05, 4.69) is 23.7 Å². The maximum atomic E-state index is 11.3. The molecule has 3 nitrogen and oxygen atoms in total. The van der Waals surface area contributed by atoms with E-state index in [1.165, 1.54) is 31.4 Å².